The summed E-state index contributed by atoms with van der Waals surface area (Å²) in [6, 6.07) is -3.46. The van der Waals surface area contributed by atoms with Crippen molar-refractivity contribution >= 4 is 20.2 Å². The lowest BCUT2D eigenvalue weighted by Crippen LogP contribution is -2.23. The van der Waals surface area contributed by atoms with E-state index in [1.807, 2.05) is 0 Å². The first-order valence-electron chi connectivity index (χ1n) is 3.62. The Morgan fingerprint density at radius 1 is 1.07 bits per heavy atom. The minimum absolute atomic E-state index is 0.703. The van der Waals surface area contributed by atoms with Crippen LogP contribution in [0.25, 0.3) is 0 Å². The van der Waals surface area contributed by atoms with Gasteiger partial charge in [0.05, 0.1) is 12.7 Å². The molecule has 0 aromatic rings. The molecular weight excluding hydrogens is 258 g/mol. The van der Waals surface area contributed by atoms with Gasteiger partial charge in [0.25, 0.3) is 20.2 Å². The van der Waals surface area contributed by atoms with Crippen LogP contribution in [0.4, 0.5) is 8.78 Å². The van der Waals surface area contributed by atoms with E-state index in [1.54, 1.807) is 0 Å². The molecule has 0 heterocycles. The zero-order chi connectivity index (χ0) is 12.1. The fourth-order valence-corrected chi connectivity index (χ4v) is 1.60. The van der Waals surface area contributed by atoms with Crippen molar-refractivity contribution in [3.63, 3.8) is 0 Å². The average Bonchev–Trinajstić information content (AvgIpc) is 2.15. The molecule has 0 fully saturated rings. The van der Waals surface area contributed by atoms with Crippen LogP contribution in [-0.4, -0.2) is 41.6 Å². The van der Waals surface area contributed by atoms with E-state index in [1.165, 1.54) is 0 Å². The number of hydrogen-bond donors (Lipinski definition) is 0. The predicted octanol–water partition coefficient (Wildman–Crippen LogP) is -0.0783. The van der Waals surface area contributed by atoms with E-state index in [0.717, 1.165) is 6.92 Å². The molecule has 1 unspecified atom stereocenters. The molecule has 0 aliphatic carbocycles. The number of alkyl halides is 2. The molecule has 15 heavy (non-hydrogen) atoms. The molecule has 0 bridgehead atoms. The van der Waals surface area contributed by atoms with Crippen LogP contribution in [0, 0.1) is 0 Å². The first-order valence-corrected chi connectivity index (χ1v) is 6.78. The smallest absolute Gasteiger partial charge is 0.265 e. The molecule has 0 aliphatic heterocycles. The van der Waals surface area contributed by atoms with Gasteiger partial charge in [-0.15, -0.1) is 0 Å². The van der Waals surface area contributed by atoms with Crippen LogP contribution in [0.15, 0.2) is 0 Å². The minimum Gasteiger partial charge on any atom is -0.265 e. The van der Waals surface area contributed by atoms with Crippen LogP contribution < -0.4 is 0 Å². The normalized spacial score (nSPS) is 15.1. The lowest BCUT2D eigenvalue weighted by molar-refractivity contribution is 0.149. The fraction of sp³-hybridized carbons (Fsp3) is 1.00. The van der Waals surface area contributed by atoms with E-state index >= 15 is 0 Å². The van der Waals surface area contributed by atoms with Crippen LogP contribution in [0.3, 0.4) is 0 Å². The van der Waals surface area contributed by atoms with Gasteiger partial charge in [-0.05, 0) is 6.92 Å². The van der Waals surface area contributed by atoms with E-state index in [4.69, 9.17) is 0 Å². The van der Waals surface area contributed by atoms with Gasteiger partial charge in [-0.2, -0.15) is 16.8 Å². The van der Waals surface area contributed by atoms with Crippen molar-refractivity contribution in [1.29, 1.82) is 0 Å². The first-order chi connectivity index (χ1) is 6.72. The second kappa shape index (κ2) is 5.68. The fourth-order valence-electron chi connectivity index (χ4n) is 0.535. The van der Waals surface area contributed by atoms with E-state index < -0.39 is 45.0 Å². The Hall–Kier alpha value is -0.320. The van der Waals surface area contributed by atoms with Crippen LogP contribution in [0.2, 0.25) is 0 Å². The monoisotopic (exact) mass is 268 g/mol. The lowest BCUT2D eigenvalue weighted by atomic mass is 10.5. The summed E-state index contributed by atoms with van der Waals surface area (Å²) in [5, 5.41) is 0. The average molecular weight is 268 g/mol. The first kappa shape index (κ1) is 14.7. The van der Waals surface area contributed by atoms with Gasteiger partial charge in [0, 0.05) is 0 Å². The summed E-state index contributed by atoms with van der Waals surface area (Å²) in [6.45, 7) is 0.437. The summed E-state index contributed by atoms with van der Waals surface area (Å²) in [4.78, 5) is 0. The van der Waals surface area contributed by atoms with Crippen LogP contribution in [0.1, 0.15) is 6.92 Å². The summed E-state index contributed by atoms with van der Waals surface area (Å²) >= 11 is 0. The number of hydrogen-bond acceptors (Lipinski definition) is 6. The van der Waals surface area contributed by atoms with Gasteiger partial charge >= 0.3 is 0 Å². The highest BCUT2D eigenvalue weighted by atomic mass is 32.2. The summed E-state index contributed by atoms with van der Waals surface area (Å²) in [5.41, 5.74) is 0. The Balaban J connectivity index is 4.13. The van der Waals surface area contributed by atoms with Crippen LogP contribution in [0.5, 0.6) is 0 Å². The van der Waals surface area contributed by atoms with Gasteiger partial charge in [-0.25, -0.2) is 8.78 Å². The molecule has 10 heteroatoms. The lowest BCUT2D eigenvalue weighted by Gasteiger charge is -2.10. The molecule has 0 amide bonds. The van der Waals surface area contributed by atoms with Crippen molar-refractivity contribution in [2.24, 2.45) is 0 Å². The molecule has 0 rings (SSSR count). The Morgan fingerprint density at radius 2 is 1.53 bits per heavy atom. The highest BCUT2D eigenvalue weighted by Gasteiger charge is 2.19. The second-order valence-corrected chi connectivity index (χ2v) is 5.62. The maximum Gasteiger partial charge on any atom is 0.297 e. The molecule has 92 valence electrons. The van der Waals surface area contributed by atoms with E-state index in [-0.39, 0.29) is 0 Å². The van der Waals surface area contributed by atoms with Gasteiger partial charge in [0.15, 0.2) is 0 Å². The third kappa shape index (κ3) is 6.71. The molecule has 6 nitrogen and oxygen atoms in total. The van der Waals surface area contributed by atoms with Gasteiger partial charge in [0.2, 0.25) is 12.0 Å². The van der Waals surface area contributed by atoms with Gasteiger partial charge in [-0.3, -0.25) is 8.37 Å². The summed E-state index contributed by atoms with van der Waals surface area (Å²) < 4.78 is 73.5. The molecule has 0 radical (unpaired) electrons. The number of rotatable bonds is 7. The van der Waals surface area contributed by atoms with Gasteiger partial charge < -0.3 is 0 Å². The van der Waals surface area contributed by atoms with E-state index in [0.29, 0.717) is 0 Å². The zero-order valence-corrected chi connectivity index (χ0v) is 9.35. The van der Waals surface area contributed by atoms with Crippen molar-refractivity contribution in [3.8, 4) is 0 Å². The predicted molar refractivity (Wildman–Crippen MR) is 46.3 cm³/mol. The molecule has 0 aliphatic rings. The Labute approximate surface area is 86.4 Å². The molecule has 0 saturated heterocycles. The molecule has 0 saturated carbocycles. The van der Waals surface area contributed by atoms with Crippen LogP contribution in [-0.2, 0) is 28.6 Å². The minimum atomic E-state index is -4.33. The number of halogens is 2. The zero-order valence-electron chi connectivity index (χ0n) is 7.72. The van der Waals surface area contributed by atoms with Crippen molar-refractivity contribution < 1.29 is 34.0 Å². The Kier molecular flexibility index (Phi) is 5.56. The van der Waals surface area contributed by atoms with Crippen LogP contribution >= 0.6 is 0 Å². The van der Waals surface area contributed by atoms with E-state index in [9.17, 15) is 25.6 Å². The third-order valence-electron chi connectivity index (χ3n) is 1.06. The maximum absolute atomic E-state index is 11.7. The standard InChI is InChI=1S/C5H10F2O6S2/c1-5(13-15(10,11)4-7)2-12-14(8,9)3-6/h5H,2-4H2,1H3. The summed E-state index contributed by atoms with van der Waals surface area (Å²) in [7, 11) is -8.64. The van der Waals surface area contributed by atoms with Gasteiger partial charge in [0.1, 0.15) is 0 Å². The summed E-state index contributed by atoms with van der Waals surface area (Å²) in [5.74, 6) is 0. The molecule has 0 N–H and O–H groups in total. The van der Waals surface area contributed by atoms with Crippen molar-refractivity contribution in [2.45, 2.75) is 13.0 Å². The topological polar surface area (TPSA) is 86.7 Å². The summed E-state index contributed by atoms with van der Waals surface area (Å²) in [6.07, 6.45) is -1.22. The second-order valence-electron chi connectivity index (χ2n) is 2.52. The largest absolute Gasteiger partial charge is 0.297 e. The Bertz CT molecular complexity index is 374. The van der Waals surface area contributed by atoms with E-state index in [2.05, 4.69) is 8.37 Å². The molecule has 1 atom stereocenters. The van der Waals surface area contributed by atoms with Crippen molar-refractivity contribution in [2.75, 3.05) is 18.6 Å². The maximum atomic E-state index is 11.7. The van der Waals surface area contributed by atoms with Crippen molar-refractivity contribution in [1.82, 2.24) is 0 Å². The molecule has 0 aromatic carbocycles. The molecular formula is C5H10F2O6S2. The van der Waals surface area contributed by atoms with Gasteiger partial charge in [-0.1, -0.05) is 0 Å². The SMILES string of the molecule is CC(COS(=O)(=O)CF)OS(=O)(=O)CF. The highest BCUT2D eigenvalue weighted by molar-refractivity contribution is 7.86. The third-order valence-corrected chi connectivity index (χ3v) is 2.71. The van der Waals surface area contributed by atoms with Crippen molar-refractivity contribution in [3.05, 3.63) is 0 Å². The quantitative estimate of drug-likeness (QED) is 0.600. The molecule has 0 aromatic heterocycles. The Morgan fingerprint density at radius 3 is 1.93 bits per heavy atom. The molecule has 0 spiro atoms. The highest BCUT2D eigenvalue weighted by Crippen LogP contribution is 2.03.